The molecule has 26 heavy (non-hydrogen) atoms. The van der Waals surface area contributed by atoms with Crippen LogP contribution in [0.2, 0.25) is 5.02 Å². The van der Waals surface area contributed by atoms with Crippen LogP contribution < -0.4 is 5.69 Å². The molecule has 3 rings (SSSR count). The molecule has 0 unspecified atom stereocenters. The van der Waals surface area contributed by atoms with Gasteiger partial charge < -0.3 is 0 Å². The van der Waals surface area contributed by atoms with E-state index in [0.29, 0.717) is 36.3 Å². The molecule has 142 valence electrons. The minimum absolute atomic E-state index is 0.171. The predicted octanol–water partition coefficient (Wildman–Crippen LogP) is 1.91. The molecule has 0 amide bonds. The number of halogens is 1. The molecule has 9 heteroatoms. The van der Waals surface area contributed by atoms with Crippen LogP contribution in [0.3, 0.4) is 0 Å². The van der Waals surface area contributed by atoms with Crippen molar-refractivity contribution in [3.05, 3.63) is 45.1 Å². The normalized spacial score (nSPS) is 15.9. The van der Waals surface area contributed by atoms with Gasteiger partial charge in [0.25, 0.3) is 0 Å². The largest absolute Gasteiger partial charge is 0.345 e. The molecule has 0 atom stereocenters. The van der Waals surface area contributed by atoms with Crippen molar-refractivity contribution < 1.29 is 8.42 Å². The monoisotopic (exact) mass is 398 g/mol. The number of sulfonamides is 1. The second-order valence-electron chi connectivity index (χ2n) is 6.99. The maximum Gasteiger partial charge on any atom is 0.345 e. The number of hydrogen-bond acceptors (Lipinski definition) is 4. The first-order valence-corrected chi connectivity index (χ1v) is 10.4. The molecular formula is C17H23ClN4O3S. The zero-order chi connectivity index (χ0) is 19.1. The third kappa shape index (κ3) is 3.58. The van der Waals surface area contributed by atoms with Crippen LogP contribution in [0.5, 0.6) is 0 Å². The highest BCUT2D eigenvalue weighted by atomic mass is 35.5. The summed E-state index contributed by atoms with van der Waals surface area (Å²) in [6.45, 7) is 7.25. The van der Waals surface area contributed by atoms with E-state index in [4.69, 9.17) is 11.6 Å². The first-order chi connectivity index (χ1) is 12.2. The van der Waals surface area contributed by atoms with Crippen LogP contribution in [-0.4, -0.2) is 40.2 Å². The fourth-order valence-corrected chi connectivity index (χ4v) is 4.74. The number of aryl methyl sites for hydroxylation is 1. The molecule has 1 aliphatic rings. The second kappa shape index (κ2) is 7.17. The molecule has 2 heterocycles. The maximum absolute atomic E-state index is 12.9. The van der Waals surface area contributed by atoms with Crippen molar-refractivity contribution in [2.75, 3.05) is 13.1 Å². The quantitative estimate of drug-likeness (QED) is 0.788. The lowest BCUT2D eigenvalue weighted by Crippen LogP contribution is -2.35. The summed E-state index contributed by atoms with van der Waals surface area (Å²) in [4.78, 5) is 12.7. The number of benzene rings is 1. The number of fused-ring (bicyclic) bond motifs is 1. The van der Waals surface area contributed by atoms with Crippen LogP contribution in [0.4, 0.5) is 0 Å². The molecule has 1 aliphatic heterocycles. The molecule has 0 fully saturated rings. The lowest BCUT2D eigenvalue weighted by atomic mass is 10.2. The molecule has 1 aromatic carbocycles. The van der Waals surface area contributed by atoms with Gasteiger partial charge >= 0.3 is 5.69 Å². The van der Waals surface area contributed by atoms with Crippen LogP contribution >= 0.6 is 11.6 Å². The molecule has 0 saturated heterocycles. The van der Waals surface area contributed by atoms with Crippen LogP contribution in [0.25, 0.3) is 0 Å². The van der Waals surface area contributed by atoms with Gasteiger partial charge in [-0.2, -0.15) is 9.40 Å². The van der Waals surface area contributed by atoms with E-state index in [-0.39, 0.29) is 23.7 Å². The standard InChI is InChI=1S/C17H23ClN4O3S/c1-12(2)11-22-17(23)21-9-8-20(7-6-16(21)19-22)26(24,25)14-5-4-13(3)15(18)10-14/h4-5,10,12H,6-9,11H2,1-3H3. The average molecular weight is 399 g/mol. The van der Waals surface area contributed by atoms with Gasteiger partial charge in [0, 0.05) is 37.6 Å². The Morgan fingerprint density at radius 2 is 1.96 bits per heavy atom. The minimum Gasteiger partial charge on any atom is -0.278 e. The van der Waals surface area contributed by atoms with E-state index in [0.717, 1.165) is 5.56 Å². The number of hydrogen-bond donors (Lipinski definition) is 0. The van der Waals surface area contributed by atoms with Gasteiger partial charge in [0.05, 0.1) is 4.90 Å². The van der Waals surface area contributed by atoms with E-state index < -0.39 is 10.0 Å². The molecule has 0 spiro atoms. The molecule has 0 N–H and O–H groups in total. The van der Waals surface area contributed by atoms with Crippen LogP contribution in [0.1, 0.15) is 25.2 Å². The summed E-state index contributed by atoms with van der Waals surface area (Å²) in [7, 11) is -3.66. The Morgan fingerprint density at radius 1 is 1.23 bits per heavy atom. The molecule has 1 aromatic heterocycles. The highest BCUT2D eigenvalue weighted by Gasteiger charge is 2.28. The fraction of sp³-hybridized carbons (Fsp3) is 0.529. The van der Waals surface area contributed by atoms with E-state index in [9.17, 15) is 13.2 Å². The van der Waals surface area contributed by atoms with Crippen LogP contribution in [0, 0.1) is 12.8 Å². The summed E-state index contributed by atoms with van der Waals surface area (Å²) in [6, 6.07) is 4.74. The van der Waals surface area contributed by atoms with Gasteiger partial charge in [-0.25, -0.2) is 17.9 Å². The van der Waals surface area contributed by atoms with E-state index in [2.05, 4.69) is 5.10 Å². The molecule has 0 aliphatic carbocycles. The zero-order valence-electron chi connectivity index (χ0n) is 15.1. The Balaban J connectivity index is 1.85. The lowest BCUT2D eigenvalue weighted by Gasteiger charge is -2.20. The number of nitrogens with zero attached hydrogens (tertiary/aromatic N) is 4. The van der Waals surface area contributed by atoms with Crippen molar-refractivity contribution in [3.63, 3.8) is 0 Å². The smallest absolute Gasteiger partial charge is 0.278 e. The van der Waals surface area contributed by atoms with Gasteiger partial charge in [0.15, 0.2) is 0 Å². The Morgan fingerprint density at radius 3 is 2.62 bits per heavy atom. The molecule has 0 bridgehead atoms. The van der Waals surface area contributed by atoms with Gasteiger partial charge in [-0.3, -0.25) is 4.57 Å². The summed E-state index contributed by atoms with van der Waals surface area (Å²) in [6.07, 6.45) is 0.402. The zero-order valence-corrected chi connectivity index (χ0v) is 16.7. The fourth-order valence-electron chi connectivity index (χ4n) is 3.03. The summed E-state index contributed by atoms with van der Waals surface area (Å²) >= 11 is 6.09. The third-order valence-corrected chi connectivity index (χ3v) is 6.78. The SMILES string of the molecule is Cc1ccc(S(=O)(=O)N2CCc3nn(CC(C)C)c(=O)n3CC2)cc1Cl. The number of rotatable bonds is 4. The van der Waals surface area contributed by atoms with Crippen molar-refractivity contribution in [2.24, 2.45) is 5.92 Å². The second-order valence-corrected chi connectivity index (χ2v) is 9.34. The first kappa shape index (κ1) is 19.1. The maximum atomic E-state index is 12.9. The molecule has 2 aromatic rings. The highest BCUT2D eigenvalue weighted by Crippen LogP contribution is 2.23. The summed E-state index contributed by atoms with van der Waals surface area (Å²) in [5.41, 5.74) is 0.652. The minimum atomic E-state index is -3.66. The summed E-state index contributed by atoms with van der Waals surface area (Å²) in [5.74, 6) is 0.949. The van der Waals surface area contributed by atoms with Crippen molar-refractivity contribution in [1.82, 2.24) is 18.7 Å². The first-order valence-electron chi connectivity index (χ1n) is 8.63. The average Bonchev–Trinajstić information content (AvgIpc) is 2.73. The number of aromatic nitrogens is 3. The van der Waals surface area contributed by atoms with E-state index in [1.54, 1.807) is 16.7 Å². The topological polar surface area (TPSA) is 77.2 Å². The van der Waals surface area contributed by atoms with Crippen molar-refractivity contribution in [3.8, 4) is 0 Å². The highest BCUT2D eigenvalue weighted by molar-refractivity contribution is 7.89. The Hall–Kier alpha value is -1.64. The van der Waals surface area contributed by atoms with Gasteiger partial charge in [-0.15, -0.1) is 0 Å². The van der Waals surface area contributed by atoms with Gasteiger partial charge in [0.1, 0.15) is 5.82 Å². The lowest BCUT2D eigenvalue weighted by molar-refractivity contribution is 0.405. The molecule has 0 saturated carbocycles. The van der Waals surface area contributed by atoms with Crippen LogP contribution in [0.15, 0.2) is 27.9 Å². The molecule has 0 radical (unpaired) electrons. The molecule has 7 nitrogen and oxygen atoms in total. The summed E-state index contributed by atoms with van der Waals surface area (Å²) in [5, 5.41) is 4.81. The third-order valence-electron chi connectivity index (χ3n) is 4.48. The predicted molar refractivity (Wildman–Crippen MR) is 100.0 cm³/mol. The van der Waals surface area contributed by atoms with Crippen molar-refractivity contribution in [2.45, 2.75) is 45.2 Å². The van der Waals surface area contributed by atoms with Crippen molar-refractivity contribution >= 4 is 21.6 Å². The summed E-state index contributed by atoms with van der Waals surface area (Å²) < 4.78 is 30.3. The Bertz CT molecular complexity index is 978. The van der Waals surface area contributed by atoms with E-state index in [1.165, 1.54) is 15.1 Å². The van der Waals surface area contributed by atoms with Crippen LogP contribution in [-0.2, 0) is 29.5 Å². The van der Waals surface area contributed by atoms with Gasteiger partial charge in [-0.05, 0) is 30.5 Å². The van der Waals surface area contributed by atoms with Crippen molar-refractivity contribution in [1.29, 1.82) is 0 Å². The molecular weight excluding hydrogens is 376 g/mol. The Kier molecular flexibility index (Phi) is 5.28. The van der Waals surface area contributed by atoms with E-state index in [1.807, 2.05) is 20.8 Å². The van der Waals surface area contributed by atoms with E-state index >= 15 is 0 Å². The van der Waals surface area contributed by atoms with Gasteiger partial charge in [0.2, 0.25) is 10.0 Å². The Labute approximate surface area is 158 Å². The van der Waals surface area contributed by atoms with Gasteiger partial charge in [-0.1, -0.05) is 31.5 Å².